The first-order valence-electron chi connectivity index (χ1n) is 20.5. The molecule has 1 unspecified atom stereocenters. The molecule has 3 aliphatic heterocycles. The van der Waals surface area contributed by atoms with Crippen molar-refractivity contribution >= 4 is 11.7 Å². The first-order chi connectivity index (χ1) is 26.5. The van der Waals surface area contributed by atoms with Crippen molar-refractivity contribution in [2.75, 3.05) is 50.8 Å². The van der Waals surface area contributed by atoms with Gasteiger partial charge in [-0.05, 0) is 82.2 Å². The van der Waals surface area contributed by atoms with Crippen LogP contribution in [0.1, 0.15) is 83.5 Å². The van der Waals surface area contributed by atoms with Gasteiger partial charge in [0.25, 0.3) is 0 Å². The Morgan fingerprint density at radius 2 is 1.67 bits per heavy atom. The van der Waals surface area contributed by atoms with E-state index < -0.39 is 0 Å². The van der Waals surface area contributed by atoms with Crippen LogP contribution < -0.4 is 15.4 Å². The van der Waals surface area contributed by atoms with Crippen molar-refractivity contribution in [1.82, 2.24) is 19.7 Å². The van der Waals surface area contributed by atoms with Crippen LogP contribution in [-0.2, 0) is 22.7 Å². The maximum absolute atomic E-state index is 14.8. The zero-order chi connectivity index (χ0) is 39.5. The number of carbonyl (C=O) groups is 1. The fraction of sp³-hybridized carbons (Fsp3) is 0.591. The van der Waals surface area contributed by atoms with Gasteiger partial charge < -0.3 is 25.0 Å². The molecule has 11 heteroatoms. The number of likely N-dealkylation sites (tertiary alicyclic amines) is 2. The van der Waals surface area contributed by atoms with Gasteiger partial charge >= 0.3 is 0 Å². The van der Waals surface area contributed by atoms with Crippen molar-refractivity contribution in [1.29, 1.82) is 0 Å². The lowest BCUT2D eigenvalue weighted by Gasteiger charge is -2.49. The predicted octanol–water partition coefficient (Wildman–Crippen LogP) is 7.20. The van der Waals surface area contributed by atoms with Crippen LogP contribution >= 0.6 is 0 Å². The number of amides is 1. The van der Waals surface area contributed by atoms with E-state index in [1.165, 1.54) is 31.4 Å². The fourth-order valence-electron chi connectivity index (χ4n) is 7.99. The minimum Gasteiger partial charge on any atom is -0.489 e. The molecule has 1 amide bonds. The van der Waals surface area contributed by atoms with Gasteiger partial charge in [0.05, 0.1) is 24.9 Å². The number of hydrogen-bond donors (Lipinski definition) is 1. The van der Waals surface area contributed by atoms with Crippen molar-refractivity contribution in [3.63, 3.8) is 0 Å². The Bertz CT molecular complexity index is 1640. The molecule has 1 aromatic heterocycles. The van der Waals surface area contributed by atoms with Crippen LogP contribution in [0, 0.1) is 24.5 Å². The van der Waals surface area contributed by atoms with Crippen LogP contribution in [0.15, 0.2) is 60.7 Å². The number of nitrogens with two attached hydrogens (primary N) is 1. The summed E-state index contributed by atoms with van der Waals surface area (Å²) in [4.78, 5) is 26.4. The molecule has 9 nitrogen and oxygen atoms in total. The summed E-state index contributed by atoms with van der Waals surface area (Å²) in [6.45, 7) is 18.3. The number of benzene rings is 2. The minimum atomic E-state index is -0.301. The molecule has 1 aliphatic carbocycles. The molecule has 3 atom stereocenters. The summed E-state index contributed by atoms with van der Waals surface area (Å²) in [5.41, 5.74) is 8.12. The van der Waals surface area contributed by atoms with E-state index in [1.54, 1.807) is 30.0 Å². The molecule has 3 saturated heterocycles. The number of hydrogen-bond acceptors (Lipinski definition) is 8. The normalized spacial score (nSPS) is 20.2. The largest absolute Gasteiger partial charge is 0.489 e. The molecule has 2 bridgehead atoms. The quantitative estimate of drug-likeness (QED) is 0.185. The average Bonchev–Trinajstić information content (AvgIpc) is 3.74. The van der Waals surface area contributed by atoms with Gasteiger partial charge in [0.2, 0.25) is 5.91 Å². The molecular formula is C44H64F2N6O3. The maximum atomic E-state index is 14.8. The summed E-state index contributed by atoms with van der Waals surface area (Å²) in [6, 6.07) is 20.2. The predicted molar refractivity (Wildman–Crippen MR) is 216 cm³/mol. The number of pyridine rings is 1. The molecule has 0 radical (unpaired) electrons. The van der Waals surface area contributed by atoms with Crippen LogP contribution in [0.3, 0.4) is 0 Å². The first-order valence-corrected chi connectivity index (χ1v) is 20.5. The number of aromatic nitrogens is 1. The third-order valence-electron chi connectivity index (χ3n) is 11.2. The molecule has 4 heterocycles. The minimum absolute atomic E-state index is 0.0118. The summed E-state index contributed by atoms with van der Waals surface area (Å²) in [7, 11) is 0. The summed E-state index contributed by atoms with van der Waals surface area (Å²) >= 11 is 0. The van der Waals surface area contributed by atoms with E-state index in [0.717, 1.165) is 44.6 Å². The van der Waals surface area contributed by atoms with Crippen LogP contribution in [0.5, 0.6) is 5.75 Å². The maximum Gasteiger partial charge on any atom is 0.236 e. The van der Waals surface area contributed by atoms with Crippen LogP contribution in [0.4, 0.5) is 14.6 Å². The highest BCUT2D eigenvalue weighted by atomic mass is 19.1. The highest BCUT2D eigenvalue weighted by Gasteiger charge is 2.49. The van der Waals surface area contributed by atoms with Crippen LogP contribution in [0.2, 0.25) is 0 Å². The van der Waals surface area contributed by atoms with Gasteiger partial charge in [-0.25, -0.2) is 13.8 Å². The Kier molecular flexibility index (Phi) is 15.8. The van der Waals surface area contributed by atoms with E-state index in [9.17, 15) is 13.6 Å². The average molecular weight is 763 g/mol. The molecule has 4 aliphatic rings. The highest BCUT2D eigenvalue weighted by molar-refractivity contribution is 5.78. The second-order valence-corrected chi connectivity index (χ2v) is 15.8. The SMILES string of the molecule is CCC.CCOC(CN(Cc1ccc(F)c(N2CC(N3C[C@@H]4C[C@H]3CN4C(C)C)C2)n1)C(=O)CN)C1CCC1.Cc1ccc(OCc2ccccc2)cc1F. The Hall–Kier alpha value is -3.64. The van der Waals surface area contributed by atoms with E-state index >= 15 is 0 Å². The van der Waals surface area contributed by atoms with Gasteiger partial charge in [-0.15, -0.1) is 0 Å². The zero-order valence-corrected chi connectivity index (χ0v) is 33.9. The van der Waals surface area contributed by atoms with Crippen molar-refractivity contribution in [3.05, 3.63) is 89.1 Å². The molecule has 1 saturated carbocycles. The van der Waals surface area contributed by atoms with E-state index in [4.69, 9.17) is 15.2 Å². The molecule has 55 heavy (non-hydrogen) atoms. The van der Waals surface area contributed by atoms with Crippen molar-refractivity contribution in [3.8, 4) is 5.75 Å². The monoisotopic (exact) mass is 763 g/mol. The van der Waals surface area contributed by atoms with Gasteiger partial charge in [-0.3, -0.25) is 14.6 Å². The summed E-state index contributed by atoms with van der Waals surface area (Å²) in [5, 5.41) is 0. The lowest BCUT2D eigenvalue weighted by Crippen LogP contribution is -2.64. The standard InChI is InChI=1S/C27H43FN6O2.C14H13FO.C3H8/c1-4-36-25(19-6-5-7-19)17-31(26(35)11-29)12-20-8-9-24(28)27(30-20)32-13-23(14-32)34-16-21-10-22(34)15-33(21)18(2)3;1-11-7-8-13(9-14(11)15)16-10-12-5-3-2-4-6-12;1-3-2/h8-9,18-19,21-23,25H,4-7,10-17,29H2,1-3H3;2-9H,10H2,1H3;3H2,1-2H3/t21-,22-,25?;;/m0../s1. The number of aryl methyl sites for hydroxylation is 1. The molecule has 2 aromatic carbocycles. The van der Waals surface area contributed by atoms with E-state index in [1.807, 2.05) is 42.2 Å². The Morgan fingerprint density at radius 1 is 0.945 bits per heavy atom. The number of ether oxygens (including phenoxy) is 2. The lowest BCUT2D eigenvalue weighted by molar-refractivity contribution is -0.134. The number of nitrogens with zero attached hydrogens (tertiary/aromatic N) is 5. The topological polar surface area (TPSA) is 87.4 Å². The number of halogens is 2. The van der Waals surface area contributed by atoms with Gasteiger partial charge in [-0.1, -0.05) is 63.1 Å². The summed E-state index contributed by atoms with van der Waals surface area (Å²) in [5.74, 6) is 0.788. The molecule has 7 rings (SSSR count). The van der Waals surface area contributed by atoms with Crippen molar-refractivity contribution in [2.24, 2.45) is 11.7 Å². The Labute approximate surface area is 328 Å². The van der Waals surface area contributed by atoms with Gasteiger partial charge in [0, 0.05) is 69.6 Å². The number of carbonyl (C=O) groups excluding carboxylic acids is 1. The highest BCUT2D eigenvalue weighted by Crippen LogP contribution is 2.37. The Morgan fingerprint density at radius 3 is 2.25 bits per heavy atom. The molecular weight excluding hydrogens is 699 g/mol. The second-order valence-electron chi connectivity index (χ2n) is 15.8. The van der Waals surface area contributed by atoms with E-state index in [0.29, 0.717) is 79.2 Å². The number of rotatable bonds is 14. The smallest absolute Gasteiger partial charge is 0.236 e. The van der Waals surface area contributed by atoms with Gasteiger partial charge in [-0.2, -0.15) is 0 Å². The molecule has 302 valence electrons. The first kappa shape index (κ1) is 42.5. The summed E-state index contributed by atoms with van der Waals surface area (Å²) < 4.78 is 39.5. The van der Waals surface area contributed by atoms with Crippen LogP contribution in [-0.4, -0.2) is 102 Å². The zero-order valence-electron chi connectivity index (χ0n) is 33.9. The molecule has 0 spiro atoms. The van der Waals surface area contributed by atoms with Crippen molar-refractivity contribution < 1.29 is 23.0 Å². The number of fused-ring (bicyclic) bond motifs is 2. The number of piperazine rings is 1. The fourth-order valence-corrected chi connectivity index (χ4v) is 7.99. The second kappa shape index (κ2) is 20.5. The van der Waals surface area contributed by atoms with Crippen LogP contribution in [0.25, 0.3) is 0 Å². The molecule has 3 aromatic rings. The van der Waals surface area contributed by atoms with Gasteiger partial charge in [0.1, 0.15) is 18.2 Å². The Balaban J connectivity index is 0.000000254. The van der Waals surface area contributed by atoms with E-state index in [-0.39, 0.29) is 30.2 Å². The third-order valence-corrected chi connectivity index (χ3v) is 11.2. The van der Waals surface area contributed by atoms with E-state index in [2.05, 4.69) is 42.5 Å². The molecule has 4 fully saturated rings. The lowest BCUT2D eigenvalue weighted by atomic mass is 9.81. The van der Waals surface area contributed by atoms with Gasteiger partial charge in [0.15, 0.2) is 11.6 Å². The number of anilines is 1. The third kappa shape index (κ3) is 11.2. The summed E-state index contributed by atoms with van der Waals surface area (Å²) in [6.07, 6.45) is 6.01. The van der Waals surface area contributed by atoms with Crippen molar-refractivity contribution in [2.45, 2.75) is 117 Å². The molecule has 2 N–H and O–H groups in total.